The van der Waals surface area contributed by atoms with Gasteiger partial charge in [-0.1, -0.05) is 17.7 Å². The number of rotatable bonds is 3. The normalized spacial score (nSPS) is 17.9. The molecule has 0 aliphatic carbocycles. The summed E-state index contributed by atoms with van der Waals surface area (Å²) in [6.07, 6.45) is 0.446. The zero-order valence-electron chi connectivity index (χ0n) is 10.7. The van der Waals surface area contributed by atoms with Crippen molar-refractivity contribution in [2.75, 3.05) is 13.2 Å². The molecule has 0 atom stereocenters. The van der Waals surface area contributed by atoms with Crippen LogP contribution in [0.1, 0.15) is 12.0 Å². The number of hydrogen-bond donors (Lipinski definition) is 0. The Bertz CT molecular complexity index is 639. The van der Waals surface area contributed by atoms with E-state index in [1.807, 2.05) is 6.92 Å². The van der Waals surface area contributed by atoms with Crippen molar-refractivity contribution in [1.82, 2.24) is 4.31 Å². The summed E-state index contributed by atoms with van der Waals surface area (Å²) in [4.78, 5) is 10.5. The molecule has 9 heteroatoms. The molecule has 1 saturated heterocycles. The Morgan fingerprint density at radius 3 is 2.60 bits per heavy atom. The maximum atomic E-state index is 12.4. The van der Waals surface area contributed by atoms with Gasteiger partial charge in [0.2, 0.25) is 0 Å². The lowest BCUT2D eigenvalue weighted by atomic mass is 10.2. The molecule has 108 valence electrons. The van der Waals surface area contributed by atoms with Gasteiger partial charge in [-0.2, -0.15) is 0 Å². The van der Waals surface area contributed by atoms with Gasteiger partial charge in [-0.05, 0) is 19.1 Å². The van der Waals surface area contributed by atoms with Crippen molar-refractivity contribution in [2.24, 2.45) is 5.10 Å². The van der Waals surface area contributed by atoms with Gasteiger partial charge in [0, 0.05) is 13.0 Å². The maximum absolute atomic E-state index is 12.4. The highest BCUT2D eigenvalue weighted by molar-refractivity contribution is 7.89. The zero-order valence-corrected chi connectivity index (χ0v) is 11.5. The van der Waals surface area contributed by atoms with Crippen LogP contribution in [-0.2, 0) is 14.8 Å². The smallest absolute Gasteiger partial charge is 0.375 e. The van der Waals surface area contributed by atoms with Crippen molar-refractivity contribution in [3.05, 3.63) is 39.9 Å². The molecule has 0 spiro atoms. The van der Waals surface area contributed by atoms with Crippen LogP contribution < -0.4 is 0 Å². The Labute approximate surface area is 115 Å². The molecule has 20 heavy (non-hydrogen) atoms. The Balaban J connectivity index is 2.40. The fourth-order valence-electron chi connectivity index (χ4n) is 1.75. The first kappa shape index (κ1) is 14.3. The minimum atomic E-state index is -3.90. The Morgan fingerprint density at radius 1 is 1.35 bits per heavy atom. The molecule has 8 nitrogen and oxygen atoms in total. The number of benzene rings is 1. The van der Waals surface area contributed by atoms with Gasteiger partial charge in [0.1, 0.15) is 5.10 Å². The van der Waals surface area contributed by atoms with Crippen LogP contribution in [0.25, 0.3) is 0 Å². The molecule has 1 aromatic rings. The van der Waals surface area contributed by atoms with Gasteiger partial charge >= 0.3 is 6.02 Å². The molecule has 1 fully saturated rings. The van der Waals surface area contributed by atoms with Gasteiger partial charge in [0.25, 0.3) is 10.0 Å². The van der Waals surface area contributed by atoms with Crippen LogP contribution >= 0.6 is 0 Å². The van der Waals surface area contributed by atoms with E-state index in [1.54, 1.807) is 12.1 Å². The number of aryl methyl sites for hydroxylation is 1. The van der Waals surface area contributed by atoms with Crippen LogP contribution in [0.2, 0.25) is 0 Å². The second-order valence-electron chi connectivity index (χ2n) is 4.21. The highest BCUT2D eigenvalue weighted by atomic mass is 32.2. The first-order valence-electron chi connectivity index (χ1n) is 5.86. The first-order valence-corrected chi connectivity index (χ1v) is 7.30. The molecule has 0 amide bonds. The van der Waals surface area contributed by atoms with E-state index < -0.39 is 21.1 Å². The van der Waals surface area contributed by atoms with Crippen LogP contribution in [0, 0.1) is 17.0 Å². The largest absolute Gasteiger partial charge is 0.460 e. The van der Waals surface area contributed by atoms with E-state index in [0.29, 0.717) is 6.42 Å². The van der Waals surface area contributed by atoms with Crippen LogP contribution in [0.4, 0.5) is 0 Å². The fourth-order valence-corrected chi connectivity index (χ4v) is 3.15. The van der Waals surface area contributed by atoms with Gasteiger partial charge in [-0.15, -0.1) is 0 Å². The minimum Gasteiger partial charge on any atom is -0.460 e. The van der Waals surface area contributed by atoms with E-state index in [9.17, 15) is 18.5 Å². The van der Waals surface area contributed by atoms with Crippen molar-refractivity contribution < 1.29 is 18.2 Å². The average molecular weight is 299 g/mol. The van der Waals surface area contributed by atoms with Gasteiger partial charge in [-0.25, -0.2) is 22.8 Å². The van der Waals surface area contributed by atoms with Crippen molar-refractivity contribution in [2.45, 2.75) is 18.2 Å². The van der Waals surface area contributed by atoms with Crippen LogP contribution in [-0.4, -0.2) is 36.9 Å². The predicted molar refractivity (Wildman–Crippen MR) is 70.1 cm³/mol. The molecule has 0 N–H and O–H groups in total. The van der Waals surface area contributed by atoms with Gasteiger partial charge in [0.05, 0.1) is 11.5 Å². The molecule has 1 heterocycles. The van der Waals surface area contributed by atoms with Gasteiger partial charge in [-0.3, -0.25) is 0 Å². The number of nitrogens with zero attached hydrogens (tertiary/aromatic N) is 3. The standard InChI is InChI=1S/C11H13N3O5S/c1-9-3-5-10(6-4-9)20(17,18)13-7-2-8-19-11(13)12-14(15)16/h3-6H,2,7-8H2,1H3. The molecular formula is C11H13N3O5S. The van der Waals surface area contributed by atoms with E-state index in [2.05, 4.69) is 5.10 Å². The molecular weight excluding hydrogens is 286 g/mol. The molecule has 0 aromatic heterocycles. The number of hydrazone groups is 1. The molecule has 0 unspecified atom stereocenters. The Kier molecular flexibility index (Phi) is 3.89. The monoisotopic (exact) mass is 299 g/mol. The zero-order chi connectivity index (χ0) is 14.8. The molecule has 1 aliphatic heterocycles. The second-order valence-corrected chi connectivity index (χ2v) is 6.07. The van der Waals surface area contributed by atoms with Crippen molar-refractivity contribution in [3.8, 4) is 0 Å². The lowest BCUT2D eigenvalue weighted by Gasteiger charge is -2.27. The molecule has 0 radical (unpaired) electrons. The van der Waals surface area contributed by atoms with E-state index in [0.717, 1.165) is 9.87 Å². The number of sulfonamides is 1. The number of hydrogen-bond acceptors (Lipinski definition) is 5. The van der Waals surface area contributed by atoms with Crippen molar-refractivity contribution in [1.29, 1.82) is 0 Å². The van der Waals surface area contributed by atoms with E-state index in [-0.39, 0.29) is 18.0 Å². The summed E-state index contributed by atoms with van der Waals surface area (Å²) in [6, 6.07) is 5.71. The van der Waals surface area contributed by atoms with Crippen LogP contribution in [0.15, 0.2) is 34.3 Å². The third kappa shape index (κ3) is 2.87. The molecule has 0 bridgehead atoms. The first-order chi connectivity index (χ1) is 9.41. The molecule has 0 saturated carbocycles. The fraction of sp³-hybridized carbons (Fsp3) is 0.364. The third-order valence-electron chi connectivity index (χ3n) is 2.73. The summed E-state index contributed by atoms with van der Waals surface area (Å²) >= 11 is 0. The highest BCUT2D eigenvalue weighted by Gasteiger charge is 2.33. The van der Waals surface area contributed by atoms with E-state index in [4.69, 9.17) is 4.74 Å². The maximum Gasteiger partial charge on any atom is 0.375 e. The van der Waals surface area contributed by atoms with Crippen molar-refractivity contribution in [3.63, 3.8) is 0 Å². The molecule has 2 rings (SSSR count). The summed E-state index contributed by atoms with van der Waals surface area (Å²) in [6.45, 7) is 2.13. The van der Waals surface area contributed by atoms with Crippen molar-refractivity contribution >= 4 is 16.0 Å². The SMILES string of the molecule is Cc1ccc(S(=O)(=O)N2CCCOC2=N[N+](=O)[O-])cc1. The van der Waals surface area contributed by atoms with Gasteiger partial charge < -0.3 is 4.74 Å². The van der Waals surface area contributed by atoms with Gasteiger partial charge in [0.15, 0.2) is 5.03 Å². The van der Waals surface area contributed by atoms with E-state index in [1.165, 1.54) is 12.1 Å². The second kappa shape index (κ2) is 5.45. The Morgan fingerprint density at radius 2 is 2.00 bits per heavy atom. The number of nitro groups is 1. The third-order valence-corrected chi connectivity index (χ3v) is 4.51. The predicted octanol–water partition coefficient (Wildman–Crippen LogP) is 0.954. The van der Waals surface area contributed by atoms with E-state index >= 15 is 0 Å². The van der Waals surface area contributed by atoms with Crippen LogP contribution in [0.3, 0.4) is 0 Å². The van der Waals surface area contributed by atoms with Crippen LogP contribution in [0.5, 0.6) is 0 Å². The summed E-state index contributed by atoms with van der Waals surface area (Å²) in [5.41, 5.74) is 0.915. The molecule has 1 aromatic carbocycles. The number of ether oxygens (including phenoxy) is 1. The lowest BCUT2D eigenvalue weighted by molar-refractivity contribution is -0.487. The average Bonchev–Trinajstić information content (AvgIpc) is 2.39. The highest BCUT2D eigenvalue weighted by Crippen LogP contribution is 2.20. The topological polar surface area (TPSA) is 102 Å². The summed E-state index contributed by atoms with van der Waals surface area (Å²) in [7, 11) is -3.90. The quantitative estimate of drug-likeness (QED) is 0.611. The molecule has 1 aliphatic rings. The Hall–Kier alpha value is -2.16. The summed E-state index contributed by atoms with van der Waals surface area (Å²) in [5.74, 6) is 0. The summed E-state index contributed by atoms with van der Waals surface area (Å²) < 4.78 is 30.7. The lowest BCUT2D eigenvalue weighted by Crippen LogP contribution is -2.43. The minimum absolute atomic E-state index is 0.0460. The number of amidine groups is 1. The summed E-state index contributed by atoms with van der Waals surface area (Å²) in [5, 5.41) is 12.5.